The molecule has 5 aromatic rings. The van der Waals surface area contributed by atoms with Gasteiger partial charge in [0.15, 0.2) is 0 Å². The van der Waals surface area contributed by atoms with E-state index in [4.69, 9.17) is 4.74 Å². The van der Waals surface area contributed by atoms with E-state index in [-0.39, 0.29) is 43.5 Å². The Hall–Kier alpha value is -5.05. The molecule has 7 nitrogen and oxygen atoms in total. The number of benzene rings is 4. The Morgan fingerprint density at radius 2 is 1.40 bits per heavy atom. The van der Waals surface area contributed by atoms with Crippen molar-refractivity contribution in [3.8, 4) is 22.4 Å². The maximum Gasteiger partial charge on any atom is 0.308 e. The highest BCUT2D eigenvalue weighted by molar-refractivity contribution is 6.12. The van der Waals surface area contributed by atoms with Gasteiger partial charge in [0, 0.05) is 23.5 Å². The number of aromatic nitrogens is 1. The number of ether oxygens (including phenoxy) is 1. The number of amides is 1. The van der Waals surface area contributed by atoms with E-state index in [1.165, 1.54) is 12.1 Å². The number of para-hydroxylation sites is 1. The van der Waals surface area contributed by atoms with Crippen LogP contribution in [-0.4, -0.2) is 38.9 Å². The van der Waals surface area contributed by atoms with Gasteiger partial charge < -0.3 is 24.8 Å². The molecule has 8 heteroatoms. The number of nitrogens with one attached hydrogen (secondary N) is 1. The number of anilines is 1. The van der Waals surface area contributed by atoms with Gasteiger partial charge >= 0.3 is 5.97 Å². The van der Waals surface area contributed by atoms with Crippen LogP contribution < -0.4 is 5.32 Å². The molecule has 48 heavy (non-hydrogen) atoms. The fourth-order valence-electron chi connectivity index (χ4n) is 5.99. The van der Waals surface area contributed by atoms with E-state index in [1.54, 1.807) is 12.1 Å². The summed E-state index contributed by atoms with van der Waals surface area (Å²) in [4.78, 5) is 26.6. The van der Waals surface area contributed by atoms with E-state index < -0.39 is 18.2 Å². The van der Waals surface area contributed by atoms with E-state index in [1.807, 2.05) is 109 Å². The second-order valence-electron chi connectivity index (χ2n) is 12.2. The van der Waals surface area contributed by atoms with Gasteiger partial charge in [0.1, 0.15) is 12.4 Å². The zero-order valence-electron chi connectivity index (χ0n) is 27.2. The van der Waals surface area contributed by atoms with Crippen molar-refractivity contribution in [2.45, 2.75) is 64.4 Å². The van der Waals surface area contributed by atoms with E-state index >= 15 is 0 Å². The molecule has 0 spiro atoms. The maximum absolute atomic E-state index is 14.2. The first-order valence-electron chi connectivity index (χ1n) is 16.2. The van der Waals surface area contributed by atoms with Gasteiger partial charge in [-0.25, -0.2) is 4.39 Å². The van der Waals surface area contributed by atoms with Crippen LogP contribution in [0.25, 0.3) is 22.4 Å². The lowest BCUT2D eigenvalue weighted by molar-refractivity contribution is -0.147. The Kier molecular flexibility index (Phi) is 11.6. The molecule has 1 aromatic heterocycles. The SMILES string of the molecule is CC(C)c1c(C(=O)Nc2ccccc2)c(-c2ccccc2)c(-c2ccc(F)cc2)n1CCC(O)CC(O)CC(=O)OCc1ccccc1. The van der Waals surface area contributed by atoms with Crippen molar-refractivity contribution in [2.24, 2.45) is 0 Å². The first kappa shape index (κ1) is 34.3. The van der Waals surface area contributed by atoms with Crippen LogP contribution in [-0.2, 0) is 22.7 Å². The van der Waals surface area contributed by atoms with Crippen LogP contribution in [0.2, 0.25) is 0 Å². The first-order valence-corrected chi connectivity index (χ1v) is 16.2. The van der Waals surface area contributed by atoms with Crippen molar-refractivity contribution in [3.05, 3.63) is 138 Å². The van der Waals surface area contributed by atoms with E-state index in [9.17, 15) is 24.2 Å². The average Bonchev–Trinajstić information content (AvgIpc) is 3.43. The summed E-state index contributed by atoms with van der Waals surface area (Å²) >= 11 is 0. The summed E-state index contributed by atoms with van der Waals surface area (Å²) in [5, 5.41) is 24.8. The number of carbonyl (C=O) groups is 2. The molecular weight excluding hydrogens is 607 g/mol. The highest BCUT2D eigenvalue weighted by Crippen LogP contribution is 2.42. The minimum Gasteiger partial charge on any atom is -0.461 e. The molecule has 0 aliphatic heterocycles. The third-order valence-electron chi connectivity index (χ3n) is 8.16. The molecule has 3 N–H and O–H groups in total. The number of hydrogen-bond donors (Lipinski definition) is 3. The predicted molar refractivity (Wildman–Crippen MR) is 186 cm³/mol. The number of rotatable bonds is 14. The summed E-state index contributed by atoms with van der Waals surface area (Å²) in [6.07, 6.45) is -2.09. The standard InChI is InChI=1S/C40H41FN2O5/c1-27(2)38-37(40(47)42-32-16-10-5-11-17-32)36(29-14-8-4-9-15-29)39(30-18-20-31(41)21-19-30)43(38)23-22-33(44)24-34(45)25-35(46)48-26-28-12-6-3-7-13-28/h3-21,27,33-34,44-45H,22-26H2,1-2H3,(H,42,47). The largest absolute Gasteiger partial charge is 0.461 e. The number of aliphatic hydroxyl groups is 2. The lowest BCUT2D eigenvalue weighted by Gasteiger charge is -2.20. The van der Waals surface area contributed by atoms with E-state index in [2.05, 4.69) is 5.32 Å². The van der Waals surface area contributed by atoms with Crippen molar-refractivity contribution in [2.75, 3.05) is 5.32 Å². The smallest absolute Gasteiger partial charge is 0.308 e. The molecule has 2 atom stereocenters. The second-order valence-corrected chi connectivity index (χ2v) is 12.2. The molecule has 1 amide bonds. The highest BCUT2D eigenvalue weighted by Gasteiger charge is 2.31. The maximum atomic E-state index is 14.2. The molecule has 0 fully saturated rings. The van der Waals surface area contributed by atoms with Gasteiger partial charge in [0.2, 0.25) is 0 Å². The lowest BCUT2D eigenvalue weighted by atomic mass is 9.94. The zero-order valence-corrected chi connectivity index (χ0v) is 27.2. The van der Waals surface area contributed by atoms with Gasteiger partial charge in [-0.3, -0.25) is 9.59 Å². The summed E-state index contributed by atoms with van der Waals surface area (Å²) < 4.78 is 21.5. The molecule has 0 saturated carbocycles. The van der Waals surface area contributed by atoms with Crippen LogP contribution >= 0.6 is 0 Å². The van der Waals surface area contributed by atoms with Crippen LogP contribution in [0.1, 0.15) is 60.6 Å². The molecule has 0 saturated heterocycles. The van der Waals surface area contributed by atoms with Crippen molar-refractivity contribution in [1.82, 2.24) is 4.57 Å². The predicted octanol–water partition coefficient (Wildman–Crippen LogP) is 7.97. The monoisotopic (exact) mass is 648 g/mol. The normalized spacial score (nSPS) is 12.5. The summed E-state index contributed by atoms with van der Waals surface area (Å²) in [7, 11) is 0. The van der Waals surface area contributed by atoms with Crippen molar-refractivity contribution in [3.63, 3.8) is 0 Å². The van der Waals surface area contributed by atoms with Gasteiger partial charge in [-0.2, -0.15) is 0 Å². The third-order valence-corrected chi connectivity index (χ3v) is 8.16. The molecule has 0 aliphatic rings. The molecule has 0 radical (unpaired) electrons. The Balaban J connectivity index is 1.46. The highest BCUT2D eigenvalue weighted by atomic mass is 19.1. The van der Waals surface area contributed by atoms with Gasteiger partial charge in [-0.1, -0.05) is 92.7 Å². The fourth-order valence-corrected chi connectivity index (χ4v) is 5.99. The Bertz CT molecular complexity index is 1790. The van der Waals surface area contributed by atoms with Crippen LogP contribution in [0.15, 0.2) is 115 Å². The number of hydrogen-bond acceptors (Lipinski definition) is 5. The molecule has 0 aliphatic carbocycles. The topological polar surface area (TPSA) is 101 Å². The minimum absolute atomic E-state index is 0.0303. The van der Waals surface area contributed by atoms with Crippen molar-refractivity contribution >= 4 is 17.6 Å². The molecule has 248 valence electrons. The molecular formula is C40H41FN2O5. The summed E-state index contributed by atoms with van der Waals surface area (Å²) in [6, 6.07) is 34.3. The van der Waals surface area contributed by atoms with Crippen molar-refractivity contribution < 1.29 is 28.9 Å². The van der Waals surface area contributed by atoms with Crippen LogP contribution in [0.5, 0.6) is 0 Å². The number of aliphatic hydroxyl groups excluding tert-OH is 2. The molecule has 4 aromatic carbocycles. The Morgan fingerprint density at radius 3 is 2.02 bits per heavy atom. The molecule has 0 bridgehead atoms. The zero-order chi connectivity index (χ0) is 34.0. The fraction of sp³-hybridized carbons (Fsp3) is 0.250. The quantitative estimate of drug-likeness (QED) is 0.106. The van der Waals surface area contributed by atoms with Crippen LogP contribution in [0, 0.1) is 5.82 Å². The number of esters is 1. The lowest BCUT2D eigenvalue weighted by Crippen LogP contribution is -2.23. The second kappa shape index (κ2) is 16.2. The summed E-state index contributed by atoms with van der Waals surface area (Å²) in [6.45, 7) is 4.42. The molecule has 5 rings (SSSR count). The Morgan fingerprint density at radius 1 is 0.792 bits per heavy atom. The van der Waals surface area contributed by atoms with Crippen LogP contribution in [0.3, 0.4) is 0 Å². The van der Waals surface area contributed by atoms with E-state index in [0.717, 1.165) is 22.5 Å². The summed E-state index contributed by atoms with van der Waals surface area (Å²) in [5.74, 6) is -1.32. The molecule has 2 unspecified atom stereocenters. The Labute approximate surface area is 280 Å². The molecule has 1 heterocycles. The van der Waals surface area contributed by atoms with E-state index in [0.29, 0.717) is 28.9 Å². The number of carbonyl (C=O) groups excluding carboxylic acids is 2. The van der Waals surface area contributed by atoms with Crippen molar-refractivity contribution in [1.29, 1.82) is 0 Å². The summed E-state index contributed by atoms with van der Waals surface area (Å²) in [5.41, 5.74) is 5.72. The van der Waals surface area contributed by atoms with Gasteiger partial charge in [0.25, 0.3) is 5.91 Å². The minimum atomic E-state index is -1.10. The average molecular weight is 649 g/mol. The number of nitrogens with zero attached hydrogens (tertiary/aromatic N) is 1. The third kappa shape index (κ3) is 8.64. The van der Waals surface area contributed by atoms with Gasteiger partial charge in [-0.15, -0.1) is 0 Å². The van der Waals surface area contributed by atoms with Gasteiger partial charge in [0.05, 0.1) is 29.9 Å². The number of halogens is 1. The first-order chi connectivity index (χ1) is 23.2. The van der Waals surface area contributed by atoms with Crippen LogP contribution in [0.4, 0.5) is 10.1 Å². The van der Waals surface area contributed by atoms with Gasteiger partial charge in [-0.05, 0) is 71.8 Å².